The number of carboxylic acid groups (broad SMARTS) is 1. The molecule has 2 aliphatic rings. The molecule has 0 saturated carbocycles. The minimum absolute atomic E-state index is 0.00805. The van der Waals surface area contributed by atoms with Gasteiger partial charge in [-0.2, -0.15) is 0 Å². The second-order valence-electron chi connectivity index (χ2n) is 9.03. The van der Waals surface area contributed by atoms with Crippen molar-refractivity contribution in [2.24, 2.45) is 0 Å². The van der Waals surface area contributed by atoms with Crippen molar-refractivity contribution >= 4 is 17.9 Å². The lowest BCUT2D eigenvalue weighted by atomic mass is 9.75. The molecule has 1 aromatic heterocycles. The third kappa shape index (κ3) is 4.32. The number of morpholine rings is 1. The zero-order valence-corrected chi connectivity index (χ0v) is 19.1. The quantitative estimate of drug-likeness (QED) is 0.690. The second kappa shape index (κ2) is 8.77. The van der Waals surface area contributed by atoms with Gasteiger partial charge >= 0.3 is 5.97 Å². The molecule has 0 unspecified atom stereocenters. The van der Waals surface area contributed by atoms with Crippen LogP contribution >= 0.6 is 11.9 Å². The van der Waals surface area contributed by atoms with E-state index >= 15 is 0 Å². The molecule has 5 nitrogen and oxygen atoms in total. The number of aromatic nitrogens is 1. The highest BCUT2D eigenvalue weighted by Crippen LogP contribution is 2.42. The van der Waals surface area contributed by atoms with Crippen LogP contribution in [0.1, 0.15) is 54.8 Å². The summed E-state index contributed by atoms with van der Waals surface area (Å²) in [5, 5.41) is 9.55. The van der Waals surface area contributed by atoms with E-state index in [0.717, 1.165) is 57.7 Å². The molecule has 1 aliphatic carbocycles. The number of fused-ring (bicyclic) bond motifs is 1. The summed E-state index contributed by atoms with van der Waals surface area (Å²) in [6, 6.07) is 8.64. The minimum atomic E-state index is -0.771. The van der Waals surface area contributed by atoms with Gasteiger partial charge in [-0.15, -0.1) is 0 Å². The standard InChI is InChI=1S/C24H32N2O3S/c1-17-20(19-8-6-10-24(2,3)23(19)26(17)16-22(27)28)15-18-7-4-5-9-21(18)30-25-11-13-29-14-12-25/h4-5,7,9H,6,8,10-16H2,1-3H3,(H,27,28). The van der Waals surface area contributed by atoms with E-state index in [9.17, 15) is 9.90 Å². The van der Waals surface area contributed by atoms with Crippen LogP contribution < -0.4 is 0 Å². The Balaban J connectivity index is 1.70. The van der Waals surface area contributed by atoms with Crippen LogP contribution in [0.4, 0.5) is 0 Å². The molecule has 2 aromatic rings. The molecule has 162 valence electrons. The summed E-state index contributed by atoms with van der Waals surface area (Å²) in [4.78, 5) is 12.9. The highest BCUT2D eigenvalue weighted by Gasteiger charge is 2.35. The Morgan fingerprint density at radius 1 is 1.23 bits per heavy atom. The smallest absolute Gasteiger partial charge is 0.323 e. The van der Waals surface area contributed by atoms with Crippen LogP contribution in [-0.2, 0) is 34.3 Å². The van der Waals surface area contributed by atoms with E-state index in [4.69, 9.17) is 4.74 Å². The molecular formula is C24H32N2O3S. The average molecular weight is 429 g/mol. The van der Waals surface area contributed by atoms with Gasteiger partial charge in [0.1, 0.15) is 6.54 Å². The number of hydrogen-bond acceptors (Lipinski definition) is 4. The fraction of sp³-hybridized carbons (Fsp3) is 0.542. The van der Waals surface area contributed by atoms with Crippen LogP contribution in [0.3, 0.4) is 0 Å². The van der Waals surface area contributed by atoms with Gasteiger partial charge in [0, 0.05) is 41.2 Å². The number of aliphatic carboxylic acids is 1. The van der Waals surface area contributed by atoms with Crippen LogP contribution in [0, 0.1) is 6.92 Å². The molecule has 1 aliphatic heterocycles. The Bertz CT molecular complexity index is 929. The van der Waals surface area contributed by atoms with Crippen molar-refractivity contribution in [2.75, 3.05) is 26.3 Å². The Morgan fingerprint density at radius 2 is 1.97 bits per heavy atom. The maximum Gasteiger partial charge on any atom is 0.323 e. The summed E-state index contributed by atoms with van der Waals surface area (Å²) in [5.74, 6) is -0.771. The molecular weight excluding hydrogens is 396 g/mol. The van der Waals surface area contributed by atoms with E-state index in [-0.39, 0.29) is 12.0 Å². The molecule has 1 saturated heterocycles. The van der Waals surface area contributed by atoms with Crippen molar-refractivity contribution in [3.8, 4) is 0 Å². The van der Waals surface area contributed by atoms with E-state index in [0.29, 0.717) is 0 Å². The monoisotopic (exact) mass is 428 g/mol. The van der Waals surface area contributed by atoms with Crippen molar-refractivity contribution in [1.29, 1.82) is 0 Å². The number of carbonyl (C=O) groups is 1. The van der Waals surface area contributed by atoms with Gasteiger partial charge < -0.3 is 14.4 Å². The maximum absolute atomic E-state index is 11.6. The first kappa shape index (κ1) is 21.5. The number of benzene rings is 1. The Hall–Kier alpha value is -1.76. The average Bonchev–Trinajstić information content (AvgIpc) is 2.96. The summed E-state index contributed by atoms with van der Waals surface area (Å²) in [5.41, 5.74) is 6.39. The largest absolute Gasteiger partial charge is 0.480 e. The zero-order chi connectivity index (χ0) is 21.3. The maximum atomic E-state index is 11.6. The van der Waals surface area contributed by atoms with Crippen LogP contribution in [0.15, 0.2) is 29.2 Å². The first-order valence-corrected chi connectivity index (χ1v) is 11.7. The van der Waals surface area contributed by atoms with Crippen molar-refractivity contribution < 1.29 is 14.6 Å². The first-order chi connectivity index (χ1) is 14.4. The lowest BCUT2D eigenvalue weighted by molar-refractivity contribution is -0.137. The highest BCUT2D eigenvalue weighted by molar-refractivity contribution is 7.97. The van der Waals surface area contributed by atoms with E-state index in [2.05, 4.69) is 53.9 Å². The fourth-order valence-electron chi connectivity index (χ4n) is 5.00. The van der Waals surface area contributed by atoms with Crippen LogP contribution in [0.2, 0.25) is 0 Å². The van der Waals surface area contributed by atoms with Crippen molar-refractivity contribution in [1.82, 2.24) is 8.87 Å². The van der Waals surface area contributed by atoms with Gasteiger partial charge in [0.05, 0.1) is 13.2 Å². The Labute approximate surface area is 183 Å². The van der Waals surface area contributed by atoms with Gasteiger partial charge in [-0.3, -0.25) is 4.79 Å². The van der Waals surface area contributed by atoms with Gasteiger partial charge in [0.2, 0.25) is 0 Å². The number of hydrogen-bond donors (Lipinski definition) is 1. The highest BCUT2D eigenvalue weighted by atomic mass is 32.2. The van der Waals surface area contributed by atoms with Gasteiger partial charge in [-0.05, 0) is 60.9 Å². The van der Waals surface area contributed by atoms with Crippen LogP contribution in [-0.4, -0.2) is 46.3 Å². The molecule has 6 heteroatoms. The van der Waals surface area contributed by atoms with Crippen molar-refractivity contribution in [3.05, 3.63) is 52.3 Å². The lowest BCUT2D eigenvalue weighted by Gasteiger charge is -2.32. The van der Waals surface area contributed by atoms with Crippen LogP contribution in [0.25, 0.3) is 0 Å². The lowest BCUT2D eigenvalue weighted by Crippen LogP contribution is -2.31. The molecule has 0 amide bonds. The molecule has 0 bridgehead atoms. The minimum Gasteiger partial charge on any atom is -0.480 e. The predicted octanol–water partition coefficient (Wildman–Crippen LogP) is 4.43. The van der Waals surface area contributed by atoms with Crippen LogP contribution in [0.5, 0.6) is 0 Å². The summed E-state index contributed by atoms with van der Waals surface area (Å²) in [6.45, 7) is 10.1. The SMILES string of the molecule is Cc1c(Cc2ccccc2SN2CCOCC2)c2c(n1CC(=O)O)C(C)(C)CCC2. The Kier molecular flexibility index (Phi) is 6.28. The van der Waals surface area contributed by atoms with Crippen molar-refractivity contribution in [3.63, 3.8) is 0 Å². The number of ether oxygens (including phenoxy) is 1. The van der Waals surface area contributed by atoms with Gasteiger partial charge in [-0.1, -0.05) is 32.0 Å². The van der Waals surface area contributed by atoms with E-state index in [1.165, 1.54) is 27.3 Å². The first-order valence-electron chi connectivity index (χ1n) is 10.9. The van der Waals surface area contributed by atoms with Crippen molar-refractivity contribution in [2.45, 2.75) is 63.3 Å². The molecule has 0 spiro atoms. The molecule has 0 radical (unpaired) electrons. The second-order valence-corrected chi connectivity index (χ2v) is 10.2. The Morgan fingerprint density at radius 3 is 2.70 bits per heavy atom. The summed E-state index contributed by atoms with van der Waals surface area (Å²) < 4.78 is 9.94. The third-order valence-corrected chi connectivity index (χ3v) is 7.68. The molecule has 2 heterocycles. The molecule has 1 fully saturated rings. The molecule has 1 aromatic carbocycles. The number of rotatable bonds is 6. The van der Waals surface area contributed by atoms with Gasteiger partial charge in [-0.25, -0.2) is 4.31 Å². The topological polar surface area (TPSA) is 54.7 Å². The zero-order valence-electron chi connectivity index (χ0n) is 18.2. The summed E-state index contributed by atoms with van der Waals surface area (Å²) in [6.07, 6.45) is 4.16. The van der Waals surface area contributed by atoms with E-state index in [1.807, 2.05) is 11.9 Å². The molecule has 30 heavy (non-hydrogen) atoms. The van der Waals surface area contributed by atoms with Gasteiger partial charge in [0.15, 0.2) is 0 Å². The molecule has 4 rings (SSSR count). The molecule has 1 N–H and O–H groups in total. The summed E-state index contributed by atoms with van der Waals surface area (Å²) in [7, 11) is 0. The predicted molar refractivity (Wildman–Crippen MR) is 120 cm³/mol. The summed E-state index contributed by atoms with van der Waals surface area (Å²) >= 11 is 1.82. The molecule has 0 atom stereocenters. The normalized spacial score (nSPS) is 18.9. The van der Waals surface area contributed by atoms with E-state index < -0.39 is 5.97 Å². The number of carboxylic acids is 1. The number of nitrogens with zero attached hydrogens (tertiary/aromatic N) is 2. The third-order valence-electron chi connectivity index (χ3n) is 6.46. The van der Waals surface area contributed by atoms with Gasteiger partial charge in [0.25, 0.3) is 0 Å². The fourth-order valence-corrected chi connectivity index (χ4v) is 6.00. The van der Waals surface area contributed by atoms with E-state index in [1.54, 1.807) is 0 Å².